The average molecular weight is 330 g/mol. The van der Waals surface area contributed by atoms with Gasteiger partial charge in [-0.25, -0.2) is 9.97 Å². The lowest BCUT2D eigenvalue weighted by atomic mass is 9.96. The highest BCUT2D eigenvalue weighted by Gasteiger charge is 2.32. The van der Waals surface area contributed by atoms with Crippen LogP contribution in [0.2, 0.25) is 0 Å². The molecule has 2 rings (SSSR count). The molecule has 1 aliphatic rings. The molecule has 1 saturated heterocycles. The van der Waals surface area contributed by atoms with Crippen molar-refractivity contribution in [2.75, 3.05) is 24.5 Å². The van der Waals surface area contributed by atoms with E-state index in [0.717, 1.165) is 30.0 Å². The fraction of sp³-hybridized carbons (Fsp3) is 0.667. The van der Waals surface area contributed by atoms with Crippen molar-refractivity contribution >= 4 is 11.7 Å². The molecule has 0 spiro atoms. The van der Waals surface area contributed by atoms with Gasteiger partial charge in [0.25, 0.3) is 0 Å². The number of anilines is 1. The van der Waals surface area contributed by atoms with Gasteiger partial charge in [-0.15, -0.1) is 0 Å². The lowest BCUT2D eigenvalue weighted by Gasteiger charge is -2.34. The number of rotatable bonds is 3. The first kappa shape index (κ1) is 17.5. The Morgan fingerprint density at radius 2 is 2.00 bits per heavy atom. The Morgan fingerprint density at radius 3 is 2.65 bits per heavy atom. The summed E-state index contributed by atoms with van der Waals surface area (Å²) in [5.74, 6) is 0.406. The second kappa shape index (κ2) is 6.72. The van der Waals surface area contributed by atoms with Gasteiger partial charge < -0.3 is 10.2 Å². The number of nitrogens with one attached hydrogen (secondary N) is 1. The van der Waals surface area contributed by atoms with Crippen LogP contribution in [0.15, 0.2) is 0 Å². The Balaban J connectivity index is 2.08. The maximum Gasteiger partial charge on any atom is 0.405 e. The minimum Gasteiger partial charge on any atom is -0.355 e. The van der Waals surface area contributed by atoms with Crippen LogP contribution in [-0.2, 0) is 4.79 Å². The van der Waals surface area contributed by atoms with E-state index in [1.165, 1.54) is 0 Å². The maximum absolute atomic E-state index is 12.2. The third-order valence-electron chi connectivity index (χ3n) is 4.03. The zero-order valence-corrected chi connectivity index (χ0v) is 13.5. The van der Waals surface area contributed by atoms with Crippen LogP contribution in [-0.4, -0.2) is 41.7 Å². The minimum absolute atomic E-state index is 0.375. The number of carbonyl (C=O) groups excluding carboxylic acids is 1. The third kappa shape index (κ3) is 4.56. The van der Waals surface area contributed by atoms with Crippen LogP contribution in [0, 0.1) is 26.7 Å². The number of aryl methyl sites for hydroxylation is 2. The van der Waals surface area contributed by atoms with Gasteiger partial charge in [-0.3, -0.25) is 4.79 Å². The zero-order valence-electron chi connectivity index (χ0n) is 13.5. The second-order valence-corrected chi connectivity index (χ2v) is 5.92. The standard InChI is InChI=1S/C15H21F3N4O/c1-9-10(2)20-11(3)21-13(9)22-6-4-5-12(7-22)14(23)19-8-15(16,17)18/h12H,4-8H2,1-3H3,(H,19,23)/t12-/m0/s1. The molecule has 1 fully saturated rings. The molecule has 1 atom stereocenters. The van der Waals surface area contributed by atoms with E-state index in [0.29, 0.717) is 18.8 Å². The smallest absolute Gasteiger partial charge is 0.355 e. The van der Waals surface area contributed by atoms with Crippen molar-refractivity contribution in [3.63, 3.8) is 0 Å². The van der Waals surface area contributed by atoms with Crippen LogP contribution < -0.4 is 10.2 Å². The molecule has 128 valence electrons. The number of hydrogen-bond donors (Lipinski definition) is 1. The summed E-state index contributed by atoms with van der Waals surface area (Å²) in [5, 5.41) is 1.98. The number of halogens is 3. The summed E-state index contributed by atoms with van der Waals surface area (Å²) in [4.78, 5) is 22.7. The second-order valence-electron chi connectivity index (χ2n) is 5.92. The molecule has 1 N–H and O–H groups in total. The van der Waals surface area contributed by atoms with Crippen molar-refractivity contribution in [3.05, 3.63) is 17.1 Å². The predicted molar refractivity (Wildman–Crippen MR) is 80.2 cm³/mol. The molecule has 1 aromatic rings. The Bertz CT molecular complexity index is 589. The number of carbonyl (C=O) groups is 1. The first-order chi connectivity index (χ1) is 10.7. The van der Waals surface area contributed by atoms with E-state index >= 15 is 0 Å². The number of nitrogens with zero attached hydrogens (tertiary/aromatic N) is 3. The van der Waals surface area contributed by atoms with Gasteiger partial charge >= 0.3 is 6.18 Å². The summed E-state index contributed by atoms with van der Waals surface area (Å²) in [6, 6.07) is 0. The fourth-order valence-electron chi connectivity index (χ4n) is 2.77. The highest BCUT2D eigenvalue weighted by atomic mass is 19.4. The SMILES string of the molecule is Cc1nc(C)c(C)c(N2CCC[C@H](C(=O)NCC(F)(F)F)C2)n1. The number of alkyl halides is 3. The number of amides is 1. The minimum atomic E-state index is -4.39. The van der Waals surface area contributed by atoms with E-state index < -0.39 is 24.5 Å². The van der Waals surface area contributed by atoms with Crippen molar-refractivity contribution in [1.29, 1.82) is 0 Å². The number of aromatic nitrogens is 2. The van der Waals surface area contributed by atoms with Crippen molar-refractivity contribution in [2.24, 2.45) is 5.92 Å². The van der Waals surface area contributed by atoms with Crippen LogP contribution in [0.3, 0.4) is 0 Å². The monoisotopic (exact) mass is 330 g/mol. The van der Waals surface area contributed by atoms with E-state index in [1.807, 2.05) is 24.1 Å². The quantitative estimate of drug-likeness (QED) is 0.924. The third-order valence-corrected chi connectivity index (χ3v) is 4.03. The van der Waals surface area contributed by atoms with Crippen LogP contribution in [0.4, 0.5) is 19.0 Å². The zero-order chi connectivity index (χ0) is 17.2. The number of piperidine rings is 1. The van der Waals surface area contributed by atoms with Crippen molar-refractivity contribution in [2.45, 2.75) is 39.8 Å². The highest BCUT2D eigenvalue weighted by Crippen LogP contribution is 2.26. The summed E-state index contributed by atoms with van der Waals surface area (Å²) in [7, 11) is 0. The fourth-order valence-corrected chi connectivity index (χ4v) is 2.77. The Morgan fingerprint density at radius 1 is 1.30 bits per heavy atom. The number of hydrogen-bond acceptors (Lipinski definition) is 4. The van der Waals surface area contributed by atoms with E-state index in [9.17, 15) is 18.0 Å². The largest absolute Gasteiger partial charge is 0.405 e. The van der Waals surface area contributed by atoms with E-state index in [-0.39, 0.29) is 0 Å². The lowest BCUT2D eigenvalue weighted by Crippen LogP contribution is -2.45. The Hall–Kier alpha value is -1.86. The molecule has 5 nitrogen and oxygen atoms in total. The van der Waals surface area contributed by atoms with Crippen LogP contribution >= 0.6 is 0 Å². The van der Waals surface area contributed by atoms with Gasteiger partial charge in [-0.2, -0.15) is 13.2 Å². The van der Waals surface area contributed by atoms with Gasteiger partial charge in [0.05, 0.1) is 5.92 Å². The molecule has 1 aliphatic heterocycles. The summed E-state index contributed by atoms with van der Waals surface area (Å²) in [5.41, 5.74) is 1.81. The van der Waals surface area contributed by atoms with Crippen molar-refractivity contribution < 1.29 is 18.0 Å². The summed E-state index contributed by atoms with van der Waals surface area (Å²) in [6.07, 6.45) is -3.06. The molecule has 8 heteroatoms. The molecule has 0 aromatic carbocycles. The lowest BCUT2D eigenvalue weighted by molar-refractivity contribution is -0.140. The highest BCUT2D eigenvalue weighted by molar-refractivity contribution is 5.79. The summed E-state index contributed by atoms with van der Waals surface area (Å²) < 4.78 is 36.7. The molecule has 0 saturated carbocycles. The summed E-state index contributed by atoms with van der Waals surface area (Å²) in [6.45, 7) is 5.43. The van der Waals surface area contributed by atoms with E-state index in [4.69, 9.17) is 0 Å². The van der Waals surface area contributed by atoms with Gasteiger partial charge in [-0.05, 0) is 33.6 Å². The topological polar surface area (TPSA) is 58.1 Å². The molecule has 0 aliphatic carbocycles. The molecule has 0 bridgehead atoms. The molecule has 0 radical (unpaired) electrons. The Kier molecular flexibility index (Phi) is 5.11. The normalized spacial score (nSPS) is 18.9. The first-order valence-corrected chi connectivity index (χ1v) is 7.58. The maximum atomic E-state index is 12.2. The molecule has 1 aromatic heterocycles. The van der Waals surface area contributed by atoms with Gasteiger partial charge in [-0.1, -0.05) is 0 Å². The predicted octanol–water partition coefficient (Wildman–Crippen LogP) is 2.30. The van der Waals surface area contributed by atoms with Crippen LogP contribution in [0.1, 0.15) is 29.9 Å². The van der Waals surface area contributed by atoms with Crippen LogP contribution in [0.5, 0.6) is 0 Å². The molecule has 1 amide bonds. The van der Waals surface area contributed by atoms with E-state index in [2.05, 4.69) is 9.97 Å². The summed E-state index contributed by atoms with van der Waals surface area (Å²) >= 11 is 0. The van der Waals surface area contributed by atoms with E-state index in [1.54, 1.807) is 6.92 Å². The molecule has 0 unspecified atom stereocenters. The van der Waals surface area contributed by atoms with Crippen LogP contribution in [0.25, 0.3) is 0 Å². The van der Waals surface area contributed by atoms with Crippen molar-refractivity contribution in [3.8, 4) is 0 Å². The van der Waals surface area contributed by atoms with Gasteiger partial charge in [0.1, 0.15) is 18.2 Å². The van der Waals surface area contributed by atoms with Gasteiger partial charge in [0.2, 0.25) is 5.91 Å². The molecule has 2 heterocycles. The molecular formula is C15H21F3N4O. The first-order valence-electron chi connectivity index (χ1n) is 7.58. The molecule has 23 heavy (non-hydrogen) atoms. The van der Waals surface area contributed by atoms with Crippen molar-refractivity contribution in [1.82, 2.24) is 15.3 Å². The Labute approximate surface area is 133 Å². The molecular weight excluding hydrogens is 309 g/mol. The average Bonchev–Trinajstić information content (AvgIpc) is 2.48. The van der Waals surface area contributed by atoms with Gasteiger partial charge in [0.15, 0.2) is 0 Å². The van der Waals surface area contributed by atoms with Gasteiger partial charge in [0, 0.05) is 24.3 Å².